The molecule has 6 nitrogen and oxygen atoms in total. The third-order valence-corrected chi connectivity index (χ3v) is 4.26. The lowest BCUT2D eigenvalue weighted by Gasteiger charge is -2.09. The lowest BCUT2D eigenvalue weighted by molar-refractivity contribution is 0.415. The largest absolute Gasteiger partial charge is 0.497 e. The number of sulfonamides is 1. The first kappa shape index (κ1) is 15.0. The van der Waals surface area contributed by atoms with Crippen LogP contribution >= 0.6 is 27.5 Å². The van der Waals surface area contributed by atoms with Crippen LogP contribution < -0.4 is 9.46 Å². The summed E-state index contributed by atoms with van der Waals surface area (Å²) in [4.78, 5) is 7.20. The molecule has 0 spiro atoms. The summed E-state index contributed by atoms with van der Waals surface area (Å²) in [6.45, 7) is 0. The standard InChI is InChI=1S/C11H9BrClN3O3S/c1-19-9-3-7(12)2-8(4-9)16-20(17,18)10-5-14-11(13)15-6-10/h2-6,16H,1H3. The molecule has 0 saturated heterocycles. The molecule has 0 atom stereocenters. The zero-order valence-corrected chi connectivity index (χ0v) is 13.3. The zero-order valence-electron chi connectivity index (χ0n) is 10.2. The topological polar surface area (TPSA) is 81.2 Å². The van der Waals surface area contributed by atoms with Crippen LogP contribution in [0.4, 0.5) is 5.69 Å². The van der Waals surface area contributed by atoms with E-state index >= 15 is 0 Å². The maximum absolute atomic E-state index is 12.1. The summed E-state index contributed by atoms with van der Waals surface area (Å²) in [6.07, 6.45) is 2.26. The van der Waals surface area contributed by atoms with E-state index in [1.165, 1.54) is 7.11 Å². The minimum absolute atomic E-state index is 0.0203. The number of methoxy groups -OCH3 is 1. The fourth-order valence-corrected chi connectivity index (χ4v) is 2.89. The number of hydrogen-bond acceptors (Lipinski definition) is 5. The van der Waals surface area contributed by atoms with Crippen LogP contribution in [0.1, 0.15) is 0 Å². The summed E-state index contributed by atoms with van der Waals surface area (Å²) in [5.74, 6) is 0.518. The van der Waals surface area contributed by atoms with Gasteiger partial charge in [-0.1, -0.05) is 15.9 Å². The Kier molecular flexibility index (Phi) is 4.46. The lowest BCUT2D eigenvalue weighted by Crippen LogP contribution is -2.13. The van der Waals surface area contributed by atoms with Gasteiger partial charge < -0.3 is 4.74 Å². The monoisotopic (exact) mass is 377 g/mol. The number of benzene rings is 1. The van der Waals surface area contributed by atoms with Crippen molar-refractivity contribution in [1.29, 1.82) is 0 Å². The molecule has 0 unspecified atom stereocenters. The van der Waals surface area contributed by atoms with Crippen molar-refractivity contribution < 1.29 is 13.2 Å². The predicted octanol–water partition coefficient (Wildman–Crippen LogP) is 2.70. The highest BCUT2D eigenvalue weighted by Crippen LogP contribution is 2.26. The number of halogens is 2. The molecule has 0 aliphatic carbocycles. The molecular weight excluding hydrogens is 370 g/mol. The fourth-order valence-electron chi connectivity index (χ4n) is 1.39. The highest BCUT2D eigenvalue weighted by molar-refractivity contribution is 9.10. The van der Waals surface area contributed by atoms with Crippen molar-refractivity contribution in [1.82, 2.24) is 9.97 Å². The maximum atomic E-state index is 12.1. The van der Waals surface area contributed by atoms with Crippen LogP contribution in [0.5, 0.6) is 5.75 Å². The molecule has 0 aliphatic rings. The van der Waals surface area contributed by atoms with E-state index in [0.29, 0.717) is 15.9 Å². The van der Waals surface area contributed by atoms with Crippen molar-refractivity contribution in [2.75, 3.05) is 11.8 Å². The Morgan fingerprint density at radius 1 is 1.25 bits per heavy atom. The van der Waals surface area contributed by atoms with Crippen LogP contribution in [0, 0.1) is 0 Å². The summed E-state index contributed by atoms with van der Waals surface area (Å²) >= 11 is 8.79. The fraction of sp³-hybridized carbons (Fsp3) is 0.0909. The predicted molar refractivity (Wildman–Crippen MR) is 78.5 cm³/mol. The number of anilines is 1. The molecule has 0 amide bonds. The molecule has 0 fully saturated rings. The maximum Gasteiger partial charge on any atom is 0.264 e. The average molecular weight is 379 g/mol. The Bertz CT molecular complexity index is 722. The third kappa shape index (κ3) is 3.59. The van der Waals surface area contributed by atoms with Crippen LogP contribution in [0.3, 0.4) is 0 Å². The first-order valence-electron chi connectivity index (χ1n) is 5.25. The Labute approximate surface area is 129 Å². The van der Waals surface area contributed by atoms with Gasteiger partial charge in [0.2, 0.25) is 5.28 Å². The summed E-state index contributed by atoms with van der Waals surface area (Å²) < 4.78 is 32.4. The molecule has 20 heavy (non-hydrogen) atoms. The van der Waals surface area contributed by atoms with E-state index < -0.39 is 10.0 Å². The van der Waals surface area contributed by atoms with Crippen LogP contribution in [-0.2, 0) is 10.0 Å². The number of nitrogens with zero attached hydrogens (tertiary/aromatic N) is 2. The Hall–Kier alpha value is -1.38. The quantitative estimate of drug-likeness (QED) is 0.827. The summed E-state index contributed by atoms with van der Waals surface area (Å²) in [5, 5.41) is -0.0203. The van der Waals surface area contributed by atoms with Gasteiger partial charge in [-0.3, -0.25) is 4.72 Å². The van der Waals surface area contributed by atoms with Gasteiger partial charge >= 0.3 is 0 Å². The normalized spacial score (nSPS) is 11.2. The minimum Gasteiger partial charge on any atom is -0.497 e. The van der Waals surface area contributed by atoms with Gasteiger partial charge in [-0.15, -0.1) is 0 Å². The highest BCUT2D eigenvalue weighted by Gasteiger charge is 2.16. The molecule has 1 heterocycles. The highest BCUT2D eigenvalue weighted by atomic mass is 79.9. The summed E-state index contributed by atoms with van der Waals surface area (Å²) in [6, 6.07) is 4.87. The molecule has 0 saturated carbocycles. The van der Waals surface area contributed by atoms with Gasteiger partial charge in [0.1, 0.15) is 10.6 Å². The van der Waals surface area contributed by atoms with Gasteiger partial charge in [-0.2, -0.15) is 0 Å². The van der Waals surface area contributed by atoms with Crippen molar-refractivity contribution >= 4 is 43.2 Å². The van der Waals surface area contributed by atoms with Crippen molar-refractivity contribution in [3.8, 4) is 5.75 Å². The number of ether oxygens (including phenoxy) is 1. The van der Waals surface area contributed by atoms with Crippen LogP contribution in [0.15, 0.2) is 40.0 Å². The minimum atomic E-state index is -3.78. The van der Waals surface area contributed by atoms with Crippen molar-refractivity contribution in [3.63, 3.8) is 0 Å². The van der Waals surface area contributed by atoms with Crippen LogP contribution in [0.25, 0.3) is 0 Å². The van der Waals surface area contributed by atoms with E-state index in [0.717, 1.165) is 12.4 Å². The SMILES string of the molecule is COc1cc(Br)cc(NS(=O)(=O)c2cnc(Cl)nc2)c1. The van der Waals surface area contributed by atoms with Crippen LogP contribution in [-0.4, -0.2) is 25.5 Å². The molecule has 2 rings (SSSR count). The molecular formula is C11H9BrClN3O3S. The number of rotatable bonds is 4. The third-order valence-electron chi connectivity index (χ3n) is 2.27. The molecule has 0 radical (unpaired) electrons. The average Bonchev–Trinajstić information content (AvgIpc) is 2.37. The van der Waals surface area contributed by atoms with Crippen molar-refractivity contribution in [2.45, 2.75) is 4.90 Å². The Balaban J connectivity index is 2.33. The second-order valence-electron chi connectivity index (χ2n) is 3.67. The number of nitrogens with one attached hydrogen (secondary N) is 1. The van der Waals surface area contributed by atoms with Gasteiger partial charge in [0.15, 0.2) is 0 Å². The Morgan fingerprint density at radius 3 is 2.50 bits per heavy atom. The number of hydrogen-bond donors (Lipinski definition) is 1. The number of aromatic nitrogens is 2. The zero-order chi connectivity index (χ0) is 14.8. The molecule has 9 heteroatoms. The van der Waals surface area contributed by atoms with Crippen LogP contribution in [0.2, 0.25) is 5.28 Å². The Morgan fingerprint density at radius 2 is 1.90 bits per heavy atom. The lowest BCUT2D eigenvalue weighted by atomic mass is 10.3. The first-order chi connectivity index (χ1) is 9.40. The van der Waals surface area contributed by atoms with Gasteiger partial charge in [-0.05, 0) is 23.7 Å². The van der Waals surface area contributed by atoms with E-state index in [1.54, 1.807) is 18.2 Å². The van der Waals surface area contributed by atoms with Crippen molar-refractivity contribution in [3.05, 3.63) is 40.3 Å². The smallest absolute Gasteiger partial charge is 0.264 e. The molecule has 1 aromatic heterocycles. The van der Waals surface area contributed by atoms with Gasteiger partial charge in [0.05, 0.1) is 25.2 Å². The second kappa shape index (κ2) is 5.94. The molecule has 1 N–H and O–H groups in total. The van der Waals surface area contributed by atoms with Crippen molar-refractivity contribution in [2.24, 2.45) is 0 Å². The molecule has 1 aromatic carbocycles. The molecule has 106 valence electrons. The van der Waals surface area contributed by atoms with E-state index in [1.807, 2.05) is 0 Å². The molecule has 2 aromatic rings. The van der Waals surface area contributed by atoms with Gasteiger partial charge in [0.25, 0.3) is 10.0 Å². The van der Waals surface area contributed by atoms with Gasteiger partial charge in [-0.25, -0.2) is 18.4 Å². The van der Waals surface area contributed by atoms with E-state index in [2.05, 4.69) is 30.6 Å². The van der Waals surface area contributed by atoms with E-state index in [4.69, 9.17) is 16.3 Å². The van der Waals surface area contributed by atoms with Gasteiger partial charge in [0, 0.05) is 10.5 Å². The molecule has 0 bridgehead atoms. The molecule has 0 aliphatic heterocycles. The second-order valence-corrected chi connectivity index (χ2v) is 6.61. The summed E-state index contributed by atoms with van der Waals surface area (Å²) in [5.41, 5.74) is 0.353. The van der Waals surface area contributed by atoms with E-state index in [9.17, 15) is 8.42 Å². The first-order valence-corrected chi connectivity index (χ1v) is 7.91. The summed E-state index contributed by atoms with van der Waals surface area (Å²) in [7, 11) is -2.29. The van der Waals surface area contributed by atoms with E-state index in [-0.39, 0.29) is 10.2 Å².